The largest absolute Gasteiger partial charge is 0.257 e. The van der Waals surface area contributed by atoms with E-state index in [1.165, 1.54) is 34.9 Å². The van der Waals surface area contributed by atoms with Crippen LogP contribution in [0.1, 0.15) is 49.7 Å². The predicted octanol–water partition coefficient (Wildman–Crippen LogP) is 6.64. The first kappa shape index (κ1) is 19.4. The molecule has 0 radical (unpaired) electrons. The minimum atomic E-state index is -0.179. The van der Waals surface area contributed by atoms with Gasteiger partial charge in [-0.2, -0.15) is 0 Å². The van der Waals surface area contributed by atoms with E-state index in [2.05, 4.69) is 53.9 Å². The first-order chi connectivity index (χ1) is 13.6. The third kappa shape index (κ3) is 4.39. The van der Waals surface area contributed by atoms with Crippen LogP contribution >= 0.6 is 11.9 Å². The number of nitrogens with zero attached hydrogens (tertiary/aromatic N) is 1. The van der Waals surface area contributed by atoms with Crippen molar-refractivity contribution < 1.29 is 4.39 Å². The monoisotopic (exact) mass is 394 g/mol. The molecule has 0 unspecified atom stereocenters. The molecule has 0 bridgehead atoms. The fourth-order valence-electron chi connectivity index (χ4n) is 4.36. The van der Waals surface area contributed by atoms with Gasteiger partial charge in [0.1, 0.15) is 5.82 Å². The number of pyridine rings is 1. The molecule has 0 amide bonds. The molecule has 1 atom stereocenters. The minimum Gasteiger partial charge on any atom is -0.257 e. The van der Waals surface area contributed by atoms with Crippen molar-refractivity contribution >= 4 is 22.9 Å². The molecule has 1 N–H and O–H groups in total. The quantitative estimate of drug-likeness (QED) is 0.491. The average Bonchev–Trinajstić information content (AvgIpc) is 2.72. The highest BCUT2D eigenvalue weighted by Gasteiger charge is 2.27. The van der Waals surface area contributed by atoms with Crippen LogP contribution in [0.5, 0.6) is 0 Å². The van der Waals surface area contributed by atoms with Gasteiger partial charge in [-0.1, -0.05) is 12.1 Å². The Morgan fingerprint density at radius 2 is 1.89 bits per heavy atom. The van der Waals surface area contributed by atoms with E-state index in [4.69, 9.17) is 0 Å². The van der Waals surface area contributed by atoms with E-state index in [0.717, 1.165) is 23.7 Å². The van der Waals surface area contributed by atoms with Crippen LogP contribution in [0.4, 0.5) is 4.39 Å². The van der Waals surface area contributed by atoms with Gasteiger partial charge in [0, 0.05) is 22.5 Å². The van der Waals surface area contributed by atoms with Crippen LogP contribution in [0.2, 0.25) is 0 Å². The molecule has 1 fully saturated rings. The lowest BCUT2D eigenvalue weighted by molar-refractivity contribution is 0.284. The summed E-state index contributed by atoms with van der Waals surface area (Å²) in [6.07, 6.45) is 6.58. The normalized spacial score (nSPS) is 21.0. The summed E-state index contributed by atoms with van der Waals surface area (Å²) < 4.78 is 17.4. The number of benzene rings is 2. The lowest BCUT2D eigenvalue weighted by Gasteiger charge is -2.33. The van der Waals surface area contributed by atoms with Crippen molar-refractivity contribution in [3.05, 3.63) is 71.7 Å². The van der Waals surface area contributed by atoms with Crippen LogP contribution < -0.4 is 4.72 Å². The standard InChI is InChI=1S/C24H27FN2S/c1-16-4-3-5-21(14-16)28-27-17(2)18-6-8-19(9-7-18)22-12-13-26-24-11-10-20(25)15-23(22)24/h3-5,10-15,17-19,27H,6-9H2,1-2H3/t17-,18?,19?/m1/s1. The lowest BCUT2D eigenvalue weighted by Crippen LogP contribution is -2.31. The van der Waals surface area contributed by atoms with Crippen molar-refractivity contribution in [2.75, 3.05) is 0 Å². The third-order valence-electron chi connectivity index (χ3n) is 6.01. The second kappa shape index (κ2) is 8.62. The number of rotatable bonds is 5. The van der Waals surface area contributed by atoms with Gasteiger partial charge in [-0.15, -0.1) is 0 Å². The molecule has 1 aliphatic rings. The fraction of sp³-hybridized carbons (Fsp3) is 0.375. The number of hydrogen-bond acceptors (Lipinski definition) is 3. The van der Waals surface area contributed by atoms with Crippen molar-refractivity contribution in [2.24, 2.45) is 5.92 Å². The van der Waals surface area contributed by atoms with Gasteiger partial charge in [0.15, 0.2) is 0 Å². The van der Waals surface area contributed by atoms with E-state index in [0.29, 0.717) is 17.9 Å². The van der Waals surface area contributed by atoms with Crippen molar-refractivity contribution in [1.29, 1.82) is 0 Å². The van der Waals surface area contributed by atoms with Gasteiger partial charge in [0.25, 0.3) is 0 Å². The van der Waals surface area contributed by atoms with Gasteiger partial charge in [0.05, 0.1) is 5.52 Å². The maximum absolute atomic E-state index is 13.8. The highest BCUT2D eigenvalue weighted by atomic mass is 32.2. The predicted molar refractivity (Wildman–Crippen MR) is 116 cm³/mol. The zero-order chi connectivity index (χ0) is 19.5. The molecule has 1 aliphatic carbocycles. The van der Waals surface area contributed by atoms with E-state index < -0.39 is 0 Å². The Hall–Kier alpha value is -1.91. The molecule has 4 rings (SSSR count). The zero-order valence-electron chi connectivity index (χ0n) is 16.5. The molecular formula is C24H27FN2S. The molecule has 2 aromatic carbocycles. The Morgan fingerprint density at radius 3 is 2.68 bits per heavy atom. The number of aryl methyl sites for hydroxylation is 1. The number of aromatic nitrogens is 1. The van der Waals surface area contributed by atoms with Crippen LogP contribution in [-0.4, -0.2) is 11.0 Å². The summed E-state index contributed by atoms with van der Waals surface area (Å²) in [6.45, 7) is 4.43. The second-order valence-corrected chi connectivity index (χ2v) is 8.91. The molecule has 0 aliphatic heterocycles. The van der Waals surface area contributed by atoms with Crippen molar-refractivity contribution in [3.63, 3.8) is 0 Å². The molecule has 146 valence electrons. The Kier molecular flexibility index (Phi) is 5.98. The highest BCUT2D eigenvalue weighted by molar-refractivity contribution is 7.97. The van der Waals surface area contributed by atoms with Gasteiger partial charge in [-0.25, -0.2) is 4.39 Å². The lowest BCUT2D eigenvalue weighted by atomic mass is 9.76. The number of fused-ring (bicyclic) bond motifs is 1. The fourth-order valence-corrected chi connectivity index (χ4v) is 5.27. The van der Waals surface area contributed by atoms with Gasteiger partial charge >= 0.3 is 0 Å². The maximum atomic E-state index is 13.8. The van der Waals surface area contributed by atoms with Crippen LogP contribution in [-0.2, 0) is 0 Å². The van der Waals surface area contributed by atoms with E-state index in [1.807, 2.05) is 6.20 Å². The van der Waals surface area contributed by atoms with Gasteiger partial charge < -0.3 is 0 Å². The van der Waals surface area contributed by atoms with Gasteiger partial charge in [-0.3, -0.25) is 9.71 Å². The minimum absolute atomic E-state index is 0.179. The first-order valence-electron chi connectivity index (χ1n) is 10.1. The number of nitrogens with one attached hydrogen (secondary N) is 1. The van der Waals surface area contributed by atoms with E-state index >= 15 is 0 Å². The van der Waals surface area contributed by atoms with Gasteiger partial charge in [0.2, 0.25) is 0 Å². The van der Waals surface area contributed by atoms with E-state index in [9.17, 15) is 4.39 Å². The number of halogens is 1. The summed E-state index contributed by atoms with van der Waals surface area (Å²) in [5.41, 5.74) is 3.45. The second-order valence-electron chi connectivity index (χ2n) is 8.00. The summed E-state index contributed by atoms with van der Waals surface area (Å²) in [6, 6.07) is 16.1. The van der Waals surface area contributed by atoms with E-state index in [-0.39, 0.29) is 5.82 Å². The van der Waals surface area contributed by atoms with Crippen LogP contribution in [0.25, 0.3) is 10.9 Å². The average molecular weight is 395 g/mol. The first-order valence-corrected chi connectivity index (χ1v) is 10.9. The molecule has 1 saturated carbocycles. The van der Waals surface area contributed by atoms with Gasteiger partial charge in [-0.05, 0) is 111 Å². The highest BCUT2D eigenvalue weighted by Crippen LogP contribution is 2.39. The van der Waals surface area contributed by atoms with Crippen molar-refractivity contribution in [2.45, 2.75) is 56.4 Å². The third-order valence-corrected chi connectivity index (χ3v) is 6.99. The summed E-state index contributed by atoms with van der Waals surface area (Å²) >= 11 is 1.74. The smallest absolute Gasteiger partial charge is 0.123 e. The topological polar surface area (TPSA) is 24.9 Å². The van der Waals surface area contributed by atoms with Crippen LogP contribution in [0, 0.1) is 18.7 Å². The Morgan fingerprint density at radius 1 is 1.07 bits per heavy atom. The molecule has 2 nitrogen and oxygen atoms in total. The molecule has 0 saturated heterocycles. The number of hydrogen-bond donors (Lipinski definition) is 1. The van der Waals surface area contributed by atoms with Crippen LogP contribution in [0.3, 0.4) is 0 Å². The summed E-state index contributed by atoms with van der Waals surface area (Å²) in [7, 11) is 0. The Balaban J connectivity index is 1.37. The molecular weight excluding hydrogens is 367 g/mol. The van der Waals surface area contributed by atoms with Crippen molar-refractivity contribution in [3.8, 4) is 0 Å². The summed E-state index contributed by atoms with van der Waals surface area (Å²) in [5.74, 6) is 1.00. The Labute approximate surface area is 171 Å². The van der Waals surface area contributed by atoms with Crippen LogP contribution in [0.15, 0.2) is 59.6 Å². The Bertz CT molecular complexity index is 950. The summed E-state index contributed by atoms with van der Waals surface area (Å²) in [5, 5.41) is 0.979. The summed E-state index contributed by atoms with van der Waals surface area (Å²) in [4.78, 5) is 5.67. The molecule has 1 aromatic heterocycles. The molecule has 4 heteroatoms. The van der Waals surface area contributed by atoms with E-state index in [1.54, 1.807) is 24.1 Å². The molecule has 28 heavy (non-hydrogen) atoms. The van der Waals surface area contributed by atoms with Crippen molar-refractivity contribution in [1.82, 2.24) is 9.71 Å². The zero-order valence-corrected chi connectivity index (χ0v) is 17.3. The SMILES string of the molecule is Cc1cccc(SN[C@H](C)C2CCC(c3ccnc4ccc(F)cc34)CC2)c1. The molecule has 3 aromatic rings. The molecule has 1 heterocycles. The molecule has 0 spiro atoms. The maximum Gasteiger partial charge on any atom is 0.123 e.